The number of carbonyl (C=O) groups is 1. The molecule has 0 bridgehead atoms. The number of carboxylic acid groups (broad SMARTS) is 1. The van der Waals surface area contributed by atoms with Crippen LogP contribution in [0.5, 0.6) is 0 Å². The Hall–Kier alpha value is -4.88. The van der Waals surface area contributed by atoms with Crippen molar-refractivity contribution in [1.29, 1.82) is 0 Å². The third kappa shape index (κ3) is 5.77. The van der Waals surface area contributed by atoms with Crippen molar-refractivity contribution >= 4 is 83.0 Å². The summed E-state index contributed by atoms with van der Waals surface area (Å²) in [7, 11) is -4.42. The van der Waals surface area contributed by atoms with E-state index in [4.69, 9.17) is 4.42 Å². The van der Waals surface area contributed by atoms with Gasteiger partial charge in [0.15, 0.2) is 6.54 Å². The van der Waals surface area contributed by atoms with Gasteiger partial charge in [-0.05, 0) is 81.9 Å². The van der Waals surface area contributed by atoms with Crippen molar-refractivity contribution in [2.75, 3.05) is 17.2 Å². The molecule has 240 valence electrons. The minimum Gasteiger partial charge on any atom is -0.748 e. The number of rotatable bonds is 9. The highest BCUT2D eigenvalue weighted by Gasteiger charge is 2.31. The molecule has 1 aliphatic rings. The van der Waals surface area contributed by atoms with E-state index in [0.29, 0.717) is 16.5 Å². The topological polar surface area (TPSA) is 120 Å². The number of thioether (sulfide) groups is 1. The number of oxazole rings is 1. The van der Waals surface area contributed by atoms with Crippen LogP contribution in [-0.4, -0.2) is 40.9 Å². The molecule has 4 heterocycles. The maximum atomic E-state index is 12.1. The van der Waals surface area contributed by atoms with E-state index >= 15 is 0 Å². The van der Waals surface area contributed by atoms with E-state index < -0.39 is 21.8 Å². The number of anilines is 1. The molecule has 4 aromatic carbocycles. The number of thiophene rings is 1. The molecular weight excluding hydrogens is 667 g/mol. The first kappa shape index (κ1) is 30.5. The molecule has 0 aliphatic carbocycles. The van der Waals surface area contributed by atoms with E-state index in [1.165, 1.54) is 16.5 Å². The zero-order valence-electron chi connectivity index (χ0n) is 25.3. The van der Waals surface area contributed by atoms with Gasteiger partial charge < -0.3 is 23.5 Å². The van der Waals surface area contributed by atoms with E-state index in [9.17, 15) is 22.9 Å². The summed E-state index contributed by atoms with van der Waals surface area (Å²) >= 11 is 3.12. The van der Waals surface area contributed by atoms with E-state index in [0.717, 1.165) is 49.2 Å². The van der Waals surface area contributed by atoms with Gasteiger partial charge in [-0.3, -0.25) is 4.79 Å². The Morgan fingerprint density at radius 2 is 1.79 bits per heavy atom. The first-order chi connectivity index (χ1) is 23.2. The van der Waals surface area contributed by atoms with Crippen molar-refractivity contribution in [3.63, 3.8) is 0 Å². The number of fused-ring (bicyclic) bond motifs is 4. The van der Waals surface area contributed by atoms with Gasteiger partial charge in [0.1, 0.15) is 6.54 Å². The second kappa shape index (κ2) is 12.0. The zero-order valence-corrected chi connectivity index (χ0v) is 27.7. The van der Waals surface area contributed by atoms with E-state index in [1.54, 1.807) is 22.3 Å². The fourth-order valence-electron chi connectivity index (χ4n) is 6.22. The molecule has 0 fully saturated rings. The molecule has 1 N–H and O–H groups in total. The van der Waals surface area contributed by atoms with Gasteiger partial charge in [0.2, 0.25) is 5.58 Å². The number of aliphatic carboxylic acids is 1. The van der Waals surface area contributed by atoms with Crippen molar-refractivity contribution in [2.45, 2.75) is 17.9 Å². The quantitative estimate of drug-likeness (QED) is 0.122. The van der Waals surface area contributed by atoms with Crippen LogP contribution in [0.25, 0.3) is 55.0 Å². The number of para-hydroxylation sites is 1. The Kier molecular flexibility index (Phi) is 7.60. The molecule has 1 aliphatic heterocycles. The average Bonchev–Trinajstić information content (AvgIpc) is 3.85. The summed E-state index contributed by atoms with van der Waals surface area (Å²) in [6.07, 6.45) is 3.88. The lowest BCUT2D eigenvalue weighted by molar-refractivity contribution is -0.677. The standard InChI is InChI=1S/C36H27N3O6S3/c40-36(41)22-39-30-20-27(37-15-12-23-4-1-2-5-28(23)37)8-11-33(30)47-35(39)21-34-38(14-3-17-48(42,43)44)29-19-25(6-9-31(29)45-34)24-7-10-32-26(18-24)13-16-46-32/h1-2,4-13,15-16,18-21H,3,14,17,22H2,(H-,40,41,42,43,44). The molecular formula is C36H27N3O6S3. The van der Waals surface area contributed by atoms with Crippen LogP contribution in [0.15, 0.2) is 117 Å². The molecule has 0 spiro atoms. The van der Waals surface area contributed by atoms with Crippen LogP contribution in [0.1, 0.15) is 12.3 Å². The normalized spacial score (nSPS) is 14.1. The Bertz CT molecular complexity index is 2530. The van der Waals surface area contributed by atoms with Gasteiger partial charge >= 0.3 is 11.9 Å². The van der Waals surface area contributed by atoms with Gasteiger partial charge in [-0.15, -0.1) is 11.3 Å². The minimum absolute atomic E-state index is 0.0901. The monoisotopic (exact) mass is 693 g/mol. The molecule has 3 aromatic heterocycles. The predicted molar refractivity (Wildman–Crippen MR) is 188 cm³/mol. The molecule has 9 nitrogen and oxygen atoms in total. The Morgan fingerprint density at radius 3 is 2.65 bits per heavy atom. The second-order valence-electron chi connectivity index (χ2n) is 11.5. The fraction of sp³-hybridized carbons (Fsp3) is 0.111. The van der Waals surface area contributed by atoms with E-state index in [-0.39, 0.29) is 19.5 Å². The number of aryl methyl sites for hydroxylation is 1. The van der Waals surface area contributed by atoms with Gasteiger partial charge in [0, 0.05) is 39.7 Å². The summed E-state index contributed by atoms with van der Waals surface area (Å²) in [6, 6.07) is 30.3. The summed E-state index contributed by atoms with van der Waals surface area (Å²) < 4.78 is 46.0. The van der Waals surface area contributed by atoms with Crippen molar-refractivity contribution in [1.82, 2.24) is 4.57 Å². The molecule has 12 heteroatoms. The van der Waals surface area contributed by atoms with Crippen molar-refractivity contribution < 1.29 is 31.9 Å². The highest BCUT2D eigenvalue weighted by Crippen LogP contribution is 2.47. The first-order valence-electron chi connectivity index (χ1n) is 15.2. The van der Waals surface area contributed by atoms with Crippen molar-refractivity contribution in [3.8, 4) is 16.8 Å². The van der Waals surface area contributed by atoms with Crippen molar-refractivity contribution in [3.05, 3.63) is 113 Å². The van der Waals surface area contributed by atoms with Crippen LogP contribution in [0.4, 0.5) is 5.69 Å². The summed E-state index contributed by atoms with van der Waals surface area (Å²) in [5.74, 6) is -1.09. The fourth-order valence-corrected chi connectivity index (χ4v) is 8.54. The number of nitrogens with zero attached hydrogens (tertiary/aromatic N) is 3. The molecule has 8 rings (SSSR count). The molecule has 0 saturated carbocycles. The van der Waals surface area contributed by atoms with Gasteiger partial charge in [0.25, 0.3) is 5.52 Å². The summed E-state index contributed by atoms with van der Waals surface area (Å²) in [6.45, 7) is -0.0619. The number of hydrogen-bond donors (Lipinski definition) is 1. The van der Waals surface area contributed by atoms with Crippen LogP contribution >= 0.6 is 23.1 Å². The molecule has 0 unspecified atom stereocenters. The number of hydrogen-bond acceptors (Lipinski definition) is 8. The number of aromatic nitrogens is 2. The highest BCUT2D eigenvalue weighted by molar-refractivity contribution is 8.03. The second-order valence-corrected chi connectivity index (χ2v) is 15.1. The average molecular weight is 694 g/mol. The smallest absolute Gasteiger partial charge is 0.376 e. The maximum absolute atomic E-state index is 12.1. The number of carboxylic acids is 1. The SMILES string of the molecule is O=C(O)CN1/C(=C/c2oc3ccc(-c4ccc5sccc5c4)cc3[n+]2CCCS(=O)(=O)[O-])Sc2ccc(-n3ccc4ccccc43)cc21. The van der Waals surface area contributed by atoms with Crippen molar-refractivity contribution in [2.24, 2.45) is 0 Å². The Labute approximate surface area is 283 Å². The van der Waals surface area contributed by atoms with Crippen LogP contribution in [0.2, 0.25) is 0 Å². The highest BCUT2D eigenvalue weighted by atomic mass is 32.2. The summed E-state index contributed by atoms with van der Waals surface area (Å²) in [5, 5.41) is 14.9. The summed E-state index contributed by atoms with van der Waals surface area (Å²) in [5.41, 5.74) is 6.01. The van der Waals surface area contributed by atoms with Crippen LogP contribution in [-0.2, 0) is 21.5 Å². The van der Waals surface area contributed by atoms with Crippen LogP contribution in [0, 0.1) is 0 Å². The minimum atomic E-state index is -4.42. The zero-order chi connectivity index (χ0) is 33.0. The molecule has 0 atom stereocenters. The van der Waals surface area contributed by atoms with Crippen LogP contribution in [0.3, 0.4) is 0 Å². The lowest BCUT2D eigenvalue weighted by Gasteiger charge is -2.18. The molecule has 0 radical (unpaired) electrons. The molecule has 48 heavy (non-hydrogen) atoms. The number of benzene rings is 4. The third-order valence-corrected chi connectivity index (χ3v) is 11.2. The molecule has 0 amide bonds. The third-order valence-electron chi connectivity index (χ3n) is 8.42. The Morgan fingerprint density at radius 1 is 0.958 bits per heavy atom. The maximum Gasteiger partial charge on any atom is 0.376 e. The van der Waals surface area contributed by atoms with Gasteiger partial charge in [-0.1, -0.05) is 42.1 Å². The lowest BCUT2D eigenvalue weighted by Crippen LogP contribution is -2.36. The first-order valence-corrected chi connectivity index (χ1v) is 18.4. The van der Waals surface area contributed by atoms with Crippen LogP contribution < -0.4 is 9.47 Å². The largest absolute Gasteiger partial charge is 0.748 e. The van der Waals surface area contributed by atoms with Gasteiger partial charge in [0.05, 0.1) is 32.4 Å². The molecule has 0 saturated heterocycles. The lowest BCUT2D eigenvalue weighted by atomic mass is 10.0. The summed E-state index contributed by atoms with van der Waals surface area (Å²) in [4.78, 5) is 14.8. The van der Waals surface area contributed by atoms with Gasteiger partial charge in [-0.2, -0.15) is 4.57 Å². The van der Waals surface area contributed by atoms with E-state index in [1.807, 2.05) is 77.5 Å². The van der Waals surface area contributed by atoms with E-state index in [2.05, 4.69) is 34.2 Å². The predicted octanol–water partition coefficient (Wildman–Crippen LogP) is 7.48. The molecule has 7 aromatic rings. The Balaban J connectivity index is 1.21. The van der Waals surface area contributed by atoms with Gasteiger partial charge in [-0.25, -0.2) is 8.42 Å².